The first-order chi connectivity index (χ1) is 14.1. The van der Waals surface area contributed by atoms with E-state index in [0.717, 1.165) is 22.6 Å². The van der Waals surface area contributed by atoms with Crippen molar-refractivity contribution >= 4 is 8.32 Å². The van der Waals surface area contributed by atoms with Gasteiger partial charge in [-0.25, -0.2) is 0 Å². The van der Waals surface area contributed by atoms with Crippen LogP contribution in [0.5, 0.6) is 23.0 Å². The zero-order valence-corrected chi connectivity index (χ0v) is 20.8. The number of hydrogen-bond acceptors (Lipinski definition) is 4. The third kappa shape index (κ3) is 5.01. The molecule has 4 nitrogen and oxygen atoms in total. The van der Waals surface area contributed by atoms with Crippen LogP contribution in [0, 0.1) is 0 Å². The molecule has 2 aromatic rings. The van der Waals surface area contributed by atoms with Gasteiger partial charge in [-0.2, -0.15) is 0 Å². The van der Waals surface area contributed by atoms with Crippen molar-refractivity contribution in [3.05, 3.63) is 59.7 Å². The Morgan fingerprint density at radius 2 is 1.50 bits per heavy atom. The minimum atomic E-state index is -2.08. The zero-order valence-electron chi connectivity index (χ0n) is 19.8. The molecule has 2 rings (SSSR count). The molecule has 0 saturated carbocycles. The van der Waals surface area contributed by atoms with E-state index in [1.165, 1.54) is 0 Å². The van der Waals surface area contributed by atoms with E-state index in [-0.39, 0.29) is 11.0 Å². The van der Waals surface area contributed by atoms with Crippen molar-refractivity contribution in [3.63, 3.8) is 0 Å². The van der Waals surface area contributed by atoms with Crippen molar-refractivity contribution < 1.29 is 18.6 Å². The molecule has 30 heavy (non-hydrogen) atoms. The van der Waals surface area contributed by atoms with Crippen molar-refractivity contribution in [1.82, 2.24) is 0 Å². The highest BCUT2D eigenvalue weighted by Gasteiger charge is 2.40. The molecule has 0 aliphatic heterocycles. The van der Waals surface area contributed by atoms with E-state index in [2.05, 4.69) is 58.2 Å². The summed E-state index contributed by atoms with van der Waals surface area (Å²) in [5.74, 6) is 2.99. The van der Waals surface area contributed by atoms with Crippen molar-refractivity contribution in [3.8, 4) is 23.0 Å². The molecule has 1 atom stereocenters. The van der Waals surface area contributed by atoms with Gasteiger partial charge in [0.25, 0.3) is 8.32 Å². The highest BCUT2D eigenvalue weighted by molar-refractivity contribution is 6.74. The van der Waals surface area contributed by atoms with Gasteiger partial charge in [-0.3, -0.25) is 0 Å². The second-order valence-electron chi connectivity index (χ2n) is 8.86. The first-order valence-corrected chi connectivity index (χ1v) is 13.2. The summed E-state index contributed by atoms with van der Waals surface area (Å²) in [7, 11) is 2.92. The maximum absolute atomic E-state index is 6.79. The van der Waals surface area contributed by atoms with Crippen LogP contribution in [0.1, 0.15) is 44.7 Å². The third-order valence-corrected chi connectivity index (χ3v) is 10.2. The second-order valence-corrected chi connectivity index (χ2v) is 13.6. The van der Waals surface area contributed by atoms with E-state index in [9.17, 15) is 0 Å². The first-order valence-electron chi connectivity index (χ1n) is 10.3. The first kappa shape index (κ1) is 23.9. The molecule has 0 spiro atoms. The lowest BCUT2D eigenvalue weighted by Crippen LogP contribution is -2.44. The molecule has 5 heteroatoms. The number of ether oxygens (including phenoxy) is 3. The van der Waals surface area contributed by atoms with Crippen molar-refractivity contribution in [2.45, 2.75) is 51.7 Å². The molecule has 0 radical (unpaired) electrons. The fraction of sp³-hybridized carbons (Fsp3) is 0.440. The second kappa shape index (κ2) is 9.60. The molecule has 0 aliphatic rings. The Labute approximate surface area is 183 Å². The molecule has 0 amide bonds. The smallest absolute Gasteiger partial charge is 0.250 e. The van der Waals surface area contributed by atoms with Crippen LogP contribution in [-0.4, -0.2) is 29.6 Å². The van der Waals surface area contributed by atoms with Crippen LogP contribution in [0.15, 0.2) is 48.6 Å². The largest absolute Gasteiger partial charge is 0.541 e. The molecule has 0 aliphatic carbocycles. The molecule has 0 heterocycles. The fourth-order valence-corrected chi connectivity index (χ4v) is 4.12. The monoisotopic (exact) mass is 428 g/mol. The van der Waals surface area contributed by atoms with Crippen LogP contribution < -0.4 is 18.6 Å². The molecule has 164 valence electrons. The van der Waals surface area contributed by atoms with E-state index < -0.39 is 8.32 Å². The average molecular weight is 429 g/mol. The van der Waals surface area contributed by atoms with Crippen LogP contribution >= 0.6 is 0 Å². The maximum Gasteiger partial charge on any atom is 0.250 e. The van der Waals surface area contributed by atoms with E-state index >= 15 is 0 Å². The number of rotatable bonds is 8. The number of hydrogen-bond donors (Lipinski definition) is 0. The number of methoxy groups -OCH3 is 3. The highest BCUT2D eigenvalue weighted by Crippen LogP contribution is 2.45. The molecule has 0 saturated heterocycles. The predicted octanol–water partition coefficient (Wildman–Crippen LogP) is 6.80. The standard InChI is InChI=1S/C25H36O4Si/c1-10-12-19(18-15-16-21(26-5)23(17-18)28-7)20-13-11-14-22(27-6)24(20)29-30(8,9)25(2,3)4/h10-17,19H,1-9H3/b12-10-. The Morgan fingerprint density at radius 1 is 0.867 bits per heavy atom. The van der Waals surface area contributed by atoms with Crippen LogP contribution in [0.4, 0.5) is 0 Å². The minimum Gasteiger partial charge on any atom is -0.541 e. The van der Waals surface area contributed by atoms with Gasteiger partial charge in [0.05, 0.1) is 21.3 Å². The molecule has 0 fully saturated rings. The fourth-order valence-electron chi connectivity index (χ4n) is 3.09. The summed E-state index contributed by atoms with van der Waals surface area (Å²) >= 11 is 0. The van der Waals surface area contributed by atoms with Gasteiger partial charge in [-0.15, -0.1) is 0 Å². The summed E-state index contributed by atoms with van der Waals surface area (Å²) in [6.07, 6.45) is 4.24. The van der Waals surface area contributed by atoms with Gasteiger partial charge in [-0.1, -0.05) is 51.1 Å². The number of para-hydroxylation sites is 1. The van der Waals surface area contributed by atoms with Gasteiger partial charge in [0, 0.05) is 11.5 Å². The SMILES string of the molecule is C/C=C\C(c1ccc(OC)c(OC)c1)c1cccc(OC)c1O[Si](C)(C)C(C)(C)C. The number of benzene rings is 2. The van der Waals surface area contributed by atoms with Crippen LogP contribution in [0.2, 0.25) is 18.1 Å². The van der Waals surface area contributed by atoms with Crippen molar-refractivity contribution in [2.75, 3.05) is 21.3 Å². The van der Waals surface area contributed by atoms with Crippen molar-refractivity contribution in [1.29, 1.82) is 0 Å². The molecule has 0 aromatic heterocycles. The Hall–Kier alpha value is -2.40. The lowest BCUT2D eigenvalue weighted by Gasteiger charge is -2.38. The summed E-state index contributed by atoms with van der Waals surface area (Å²) in [5, 5.41) is 0.0740. The minimum absolute atomic E-state index is 0.00956. The average Bonchev–Trinajstić information content (AvgIpc) is 2.70. The Bertz CT molecular complexity index is 881. The van der Waals surface area contributed by atoms with Gasteiger partial charge < -0.3 is 18.6 Å². The predicted molar refractivity (Wildman–Crippen MR) is 127 cm³/mol. The van der Waals surface area contributed by atoms with E-state index in [1.807, 2.05) is 31.2 Å². The quantitative estimate of drug-likeness (QED) is 0.342. The van der Waals surface area contributed by atoms with Crippen molar-refractivity contribution in [2.24, 2.45) is 0 Å². The lowest BCUT2D eigenvalue weighted by atomic mass is 9.89. The lowest BCUT2D eigenvalue weighted by molar-refractivity contribution is 0.354. The molecular weight excluding hydrogens is 392 g/mol. The van der Waals surface area contributed by atoms with Gasteiger partial charge in [-0.05, 0) is 48.8 Å². The number of allylic oxidation sites excluding steroid dienone is 2. The van der Waals surface area contributed by atoms with Gasteiger partial charge >= 0.3 is 0 Å². The summed E-state index contributed by atoms with van der Waals surface area (Å²) < 4.78 is 23.5. The summed E-state index contributed by atoms with van der Waals surface area (Å²) in [6.45, 7) is 13.3. The molecule has 0 N–H and O–H groups in total. The third-order valence-electron chi connectivity index (χ3n) is 5.88. The Balaban J connectivity index is 2.67. The molecule has 1 unspecified atom stereocenters. The molecule has 2 aromatic carbocycles. The van der Waals surface area contributed by atoms with E-state index in [0.29, 0.717) is 11.5 Å². The van der Waals surface area contributed by atoms with E-state index in [4.69, 9.17) is 18.6 Å². The van der Waals surface area contributed by atoms with Gasteiger partial charge in [0.15, 0.2) is 23.0 Å². The van der Waals surface area contributed by atoms with Crippen LogP contribution in [-0.2, 0) is 0 Å². The Morgan fingerprint density at radius 3 is 2.03 bits per heavy atom. The van der Waals surface area contributed by atoms with Gasteiger partial charge in [0.1, 0.15) is 0 Å². The highest BCUT2D eigenvalue weighted by atomic mass is 28.4. The van der Waals surface area contributed by atoms with Crippen LogP contribution in [0.3, 0.4) is 0 Å². The Kier molecular flexibility index (Phi) is 7.64. The summed E-state index contributed by atoms with van der Waals surface area (Å²) in [5.41, 5.74) is 2.17. The topological polar surface area (TPSA) is 36.9 Å². The summed E-state index contributed by atoms with van der Waals surface area (Å²) in [4.78, 5) is 0. The van der Waals surface area contributed by atoms with E-state index in [1.54, 1.807) is 21.3 Å². The molecular formula is C25H36O4Si. The summed E-state index contributed by atoms with van der Waals surface area (Å²) in [6, 6.07) is 12.1. The van der Waals surface area contributed by atoms with Crippen LogP contribution in [0.25, 0.3) is 0 Å². The molecule has 0 bridgehead atoms. The maximum atomic E-state index is 6.79. The van der Waals surface area contributed by atoms with Gasteiger partial charge in [0.2, 0.25) is 0 Å². The zero-order chi connectivity index (χ0) is 22.5. The normalized spacial score (nSPS) is 13.2.